The number of halogens is 1. The maximum Gasteiger partial charge on any atom is 0.133 e. The van der Waals surface area contributed by atoms with E-state index < -0.39 is 0 Å². The largest absolute Gasteiger partial charge is 0.506 e. The maximum atomic E-state index is 9.82. The molecule has 0 amide bonds. The summed E-state index contributed by atoms with van der Waals surface area (Å²) in [6, 6.07) is 0. The van der Waals surface area contributed by atoms with Gasteiger partial charge in [0.15, 0.2) is 0 Å². The van der Waals surface area contributed by atoms with Gasteiger partial charge in [0, 0.05) is 6.54 Å². The van der Waals surface area contributed by atoms with Crippen molar-refractivity contribution < 1.29 is 5.11 Å². The molecule has 1 aromatic carbocycles. The molecular formula is C12H16BrNO. The first-order chi connectivity index (χ1) is 7.00. The van der Waals surface area contributed by atoms with Crippen LogP contribution < -0.4 is 5.73 Å². The summed E-state index contributed by atoms with van der Waals surface area (Å²) < 4.78 is 0.766. The van der Waals surface area contributed by atoms with Gasteiger partial charge in [-0.2, -0.15) is 0 Å². The molecule has 0 saturated carbocycles. The van der Waals surface area contributed by atoms with Crippen molar-refractivity contribution in [2.45, 2.75) is 20.8 Å². The first-order valence-electron chi connectivity index (χ1n) is 4.85. The average molecular weight is 270 g/mol. The Kier molecular flexibility index (Phi) is 3.94. The van der Waals surface area contributed by atoms with Gasteiger partial charge in [-0.1, -0.05) is 12.2 Å². The van der Waals surface area contributed by atoms with Gasteiger partial charge in [-0.15, -0.1) is 0 Å². The zero-order valence-electron chi connectivity index (χ0n) is 9.26. The normalized spacial score (nSPS) is 11.3. The lowest BCUT2D eigenvalue weighted by atomic mass is 9.97. The van der Waals surface area contributed by atoms with Crippen LogP contribution >= 0.6 is 15.9 Å². The minimum absolute atomic E-state index is 0.329. The number of benzene rings is 1. The fraction of sp³-hybridized carbons (Fsp3) is 0.333. The molecule has 15 heavy (non-hydrogen) atoms. The van der Waals surface area contributed by atoms with Crippen LogP contribution in [-0.2, 0) is 0 Å². The van der Waals surface area contributed by atoms with E-state index in [0.29, 0.717) is 12.3 Å². The average Bonchev–Trinajstić information content (AvgIpc) is 2.24. The number of hydrogen-bond acceptors (Lipinski definition) is 2. The summed E-state index contributed by atoms with van der Waals surface area (Å²) in [5, 5.41) is 9.82. The molecule has 0 atom stereocenters. The van der Waals surface area contributed by atoms with Crippen LogP contribution in [0.2, 0.25) is 0 Å². The molecule has 2 nitrogen and oxygen atoms in total. The third kappa shape index (κ3) is 2.24. The highest BCUT2D eigenvalue weighted by Crippen LogP contribution is 2.36. The van der Waals surface area contributed by atoms with Crippen LogP contribution in [0, 0.1) is 20.8 Å². The third-order valence-corrected chi connectivity index (χ3v) is 3.65. The molecule has 0 unspecified atom stereocenters. The van der Waals surface area contributed by atoms with E-state index in [4.69, 9.17) is 5.73 Å². The predicted octanol–water partition coefficient (Wildman–Crippen LogP) is 3.05. The van der Waals surface area contributed by atoms with Crippen molar-refractivity contribution in [3.8, 4) is 5.75 Å². The number of aromatic hydroxyl groups is 1. The Bertz CT molecular complexity index is 382. The quantitative estimate of drug-likeness (QED) is 0.867. The van der Waals surface area contributed by atoms with Crippen LogP contribution in [0.5, 0.6) is 5.75 Å². The molecule has 0 aliphatic rings. The Morgan fingerprint density at radius 3 is 2.33 bits per heavy atom. The second-order valence-electron chi connectivity index (χ2n) is 3.59. The Labute approximate surface area is 98.9 Å². The highest BCUT2D eigenvalue weighted by Gasteiger charge is 2.12. The summed E-state index contributed by atoms with van der Waals surface area (Å²) in [6.07, 6.45) is 3.92. The van der Waals surface area contributed by atoms with Crippen LogP contribution in [0.1, 0.15) is 22.3 Å². The van der Waals surface area contributed by atoms with E-state index in [2.05, 4.69) is 15.9 Å². The van der Waals surface area contributed by atoms with E-state index in [9.17, 15) is 5.11 Å². The molecule has 82 valence electrons. The van der Waals surface area contributed by atoms with Crippen LogP contribution in [0.25, 0.3) is 6.08 Å². The lowest BCUT2D eigenvalue weighted by Gasteiger charge is -2.13. The Morgan fingerprint density at radius 1 is 1.20 bits per heavy atom. The fourth-order valence-corrected chi connectivity index (χ4v) is 2.07. The lowest BCUT2D eigenvalue weighted by molar-refractivity contribution is 0.466. The number of rotatable bonds is 2. The maximum absolute atomic E-state index is 9.82. The molecule has 0 bridgehead atoms. The van der Waals surface area contributed by atoms with Crippen molar-refractivity contribution in [2.24, 2.45) is 5.73 Å². The summed E-state index contributed by atoms with van der Waals surface area (Å²) in [4.78, 5) is 0. The number of nitrogens with two attached hydrogens (primary N) is 1. The van der Waals surface area contributed by atoms with Crippen molar-refractivity contribution >= 4 is 22.0 Å². The Balaban J connectivity index is 3.45. The van der Waals surface area contributed by atoms with Crippen molar-refractivity contribution in [2.75, 3.05) is 6.54 Å². The second kappa shape index (κ2) is 4.81. The van der Waals surface area contributed by atoms with E-state index in [1.165, 1.54) is 0 Å². The second-order valence-corrected chi connectivity index (χ2v) is 4.38. The molecule has 0 radical (unpaired) electrons. The lowest BCUT2D eigenvalue weighted by Crippen LogP contribution is -1.96. The summed E-state index contributed by atoms with van der Waals surface area (Å²) in [5.41, 5.74) is 9.61. The molecule has 0 saturated heterocycles. The minimum Gasteiger partial charge on any atom is -0.506 e. The molecule has 0 spiro atoms. The van der Waals surface area contributed by atoms with Gasteiger partial charge in [0.05, 0.1) is 4.47 Å². The van der Waals surface area contributed by atoms with E-state index >= 15 is 0 Å². The van der Waals surface area contributed by atoms with Crippen LogP contribution in [-0.4, -0.2) is 11.7 Å². The van der Waals surface area contributed by atoms with E-state index in [1.54, 1.807) is 0 Å². The van der Waals surface area contributed by atoms with E-state index in [0.717, 1.165) is 26.7 Å². The number of hydrogen-bond donors (Lipinski definition) is 2. The highest BCUT2D eigenvalue weighted by atomic mass is 79.9. The van der Waals surface area contributed by atoms with Crippen molar-refractivity contribution in [1.82, 2.24) is 0 Å². The van der Waals surface area contributed by atoms with Gasteiger partial charge < -0.3 is 10.8 Å². The molecule has 3 heteroatoms. The van der Waals surface area contributed by atoms with Gasteiger partial charge >= 0.3 is 0 Å². The molecule has 1 rings (SSSR count). The third-order valence-electron chi connectivity index (χ3n) is 2.68. The molecule has 3 N–H and O–H groups in total. The molecule has 0 aliphatic heterocycles. The van der Waals surface area contributed by atoms with Crippen molar-refractivity contribution in [1.29, 1.82) is 0 Å². The van der Waals surface area contributed by atoms with Gasteiger partial charge in [0.2, 0.25) is 0 Å². The van der Waals surface area contributed by atoms with Crippen LogP contribution in [0.4, 0.5) is 0 Å². The first kappa shape index (κ1) is 12.3. The standard InChI is InChI=1S/C12H16BrNO/c1-7-8(2)12(15)11(13)9(3)10(7)5-4-6-14/h4-5,15H,6,14H2,1-3H3/b5-4+. The molecule has 0 heterocycles. The first-order valence-corrected chi connectivity index (χ1v) is 5.64. The van der Waals surface area contributed by atoms with E-state index in [-0.39, 0.29) is 0 Å². The van der Waals surface area contributed by atoms with E-state index in [1.807, 2.05) is 32.9 Å². The van der Waals surface area contributed by atoms with Crippen LogP contribution in [0.3, 0.4) is 0 Å². The molecule has 1 aromatic rings. The van der Waals surface area contributed by atoms with Gasteiger partial charge in [-0.25, -0.2) is 0 Å². The number of phenolic OH excluding ortho intramolecular Hbond substituents is 1. The summed E-state index contributed by atoms with van der Waals surface area (Å²) >= 11 is 3.39. The summed E-state index contributed by atoms with van der Waals surface area (Å²) in [6.45, 7) is 6.42. The molecule has 0 aromatic heterocycles. The number of phenols is 1. The topological polar surface area (TPSA) is 46.2 Å². The summed E-state index contributed by atoms with van der Waals surface area (Å²) in [7, 11) is 0. The van der Waals surface area contributed by atoms with Gasteiger partial charge in [0.1, 0.15) is 5.75 Å². The van der Waals surface area contributed by atoms with Gasteiger partial charge in [-0.3, -0.25) is 0 Å². The molecular weight excluding hydrogens is 254 g/mol. The smallest absolute Gasteiger partial charge is 0.133 e. The SMILES string of the molecule is Cc1c(C)c(/C=C/CN)c(C)c(Br)c1O. The van der Waals surface area contributed by atoms with Gasteiger partial charge in [0.25, 0.3) is 0 Å². The van der Waals surface area contributed by atoms with Crippen molar-refractivity contribution in [3.63, 3.8) is 0 Å². The Hall–Kier alpha value is -0.800. The minimum atomic E-state index is 0.329. The summed E-state index contributed by atoms with van der Waals surface area (Å²) in [5.74, 6) is 0.329. The molecule has 0 fully saturated rings. The Morgan fingerprint density at radius 2 is 1.80 bits per heavy atom. The zero-order chi connectivity index (χ0) is 11.6. The highest BCUT2D eigenvalue weighted by molar-refractivity contribution is 9.10. The zero-order valence-corrected chi connectivity index (χ0v) is 10.9. The van der Waals surface area contributed by atoms with Gasteiger partial charge in [-0.05, 0) is 59.0 Å². The fourth-order valence-electron chi connectivity index (χ4n) is 1.56. The predicted molar refractivity (Wildman–Crippen MR) is 68.1 cm³/mol. The van der Waals surface area contributed by atoms with Crippen LogP contribution in [0.15, 0.2) is 10.5 Å². The monoisotopic (exact) mass is 269 g/mol. The molecule has 0 aliphatic carbocycles. The van der Waals surface area contributed by atoms with Crippen molar-refractivity contribution in [3.05, 3.63) is 32.8 Å².